The highest BCUT2D eigenvalue weighted by atomic mass is 35.5. The minimum absolute atomic E-state index is 0.345. The highest BCUT2D eigenvalue weighted by molar-refractivity contribution is 6.34. The van der Waals surface area contributed by atoms with Gasteiger partial charge in [-0.05, 0) is 35.9 Å². The quantitative estimate of drug-likeness (QED) is 0.404. The van der Waals surface area contributed by atoms with Crippen molar-refractivity contribution in [1.29, 1.82) is 0 Å². The van der Waals surface area contributed by atoms with Gasteiger partial charge in [0.05, 0.1) is 5.02 Å². The molecule has 4 nitrogen and oxygen atoms in total. The van der Waals surface area contributed by atoms with Crippen LogP contribution < -0.4 is 5.32 Å². The Morgan fingerprint density at radius 2 is 1.93 bits per heavy atom. The van der Waals surface area contributed by atoms with Gasteiger partial charge >= 0.3 is 0 Å². The molecule has 0 saturated carbocycles. The molecule has 2 aromatic carbocycles. The van der Waals surface area contributed by atoms with Crippen molar-refractivity contribution in [2.24, 2.45) is 0 Å². The van der Waals surface area contributed by atoms with Gasteiger partial charge in [0.1, 0.15) is 22.7 Å². The van der Waals surface area contributed by atoms with Crippen LogP contribution in [0.3, 0.4) is 0 Å². The Hall–Kier alpha value is -3.25. The van der Waals surface area contributed by atoms with Gasteiger partial charge < -0.3 is 9.73 Å². The van der Waals surface area contributed by atoms with E-state index in [1.807, 2.05) is 0 Å². The molecular formula is C21H15ClF2N2O2. The summed E-state index contributed by atoms with van der Waals surface area (Å²) < 4.78 is 32.5. The van der Waals surface area contributed by atoms with E-state index in [0.29, 0.717) is 27.7 Å². The van der Waals surface area contributed by atoms with Crippen molar-refractivity contribution in [3.8, 4) is 11.1 Å². The zero-order valence-corrected chi connectivity index (χ0v) is 15.6. The number of nitrogens with one attached hydrogen (secondary N) is 1. The summed E-state index contributed by atoms with van der Waals surface area (Å²) in [5.74, 6) is -2.71. The number of aromatic nitrogens is 1. The fourth-order valence-electron chi connectivity index (χ4n) is 2.67. The van der Waals surface area contributed by atoms with Gasteiger partial charge in [0.25, 0.3) is 5.91 Å². The number of rotatable bonds is 5. The first-order valence-electron chi connectivity index (χ1n) is 8.15. The van der Waals surface area contributed by atoms with E-state index in [2.05, 4.69) is 23.5 Å². The minimum Gasteiger partial charge on any atom is -0.441 e. The SMILES string of the molecule is C=C/C(F)=C(\C(=C)F)C(=O)Nc1ccc(-c2cc3oc(C)nc3cc2Cl)cc1. The molecule has 1 amide bonds. The maximum atomic E-state index is 13.6. The number of carbonyl (C=O) groups is 1. The molecular weight excluding hydrogens is 386 g/mol. The first-order valence-corrected chi connectivity index (χ1v) is 8.53. The fourth-order valence-corrected chi connectivity index (χ4v) is 2.94. The molecule has 0 aliphatic heterocycles. The molecule has 0 spiro atoms. The third-order valence-electron chi connectivity index (χ3n) is 3.95. The van der Waals surface area contributed by atoms with Crippen LogP contribution in [0.2, 0.25) is 5.02 Å². The van der Waals surface area contributed by atoms with E-state index >= 15 is 0 Å². The van der Waals surface area contributed by atoms with E-state index in [1.54, 1.807) is 43.3 Å². The number of hydrogen-bond acceptors (Lipinski definition) is 3. The number of allylic oxidation sites excluding steroid dienone is 2. The smallest absolute Gasteiger partial charge is 0.261 e. The molecule has 1 heterocycles. The van der Waals surface area contributed by atoms with Crippen LogP contribution in [0.1, 0.15) is 5.89 Å². The largest absolute Gasteiger partial charge is 0.441 e. The van der Waals surface area contributed by atoms with Crippen molar-refractivity contribution in [2.45, 2.75) is 6.92 Å². The van der Waals surface area contributed by atoms with Crippen molar-refractivity contribution in [2.75, 3.05) is 5.32 Å². The first-order chi connectivity index (χ1) is 13.3. The van der Waals surface area contributed by atoms with E-state index < -0.39 is 23.1 Å². The molecule has 0 fully saturated rings. The molecule has 3 rings (SSSR count). The number of fused-ring (bicyclic) bond motifs is 1. The van der Waals surface area contributed by atoms with Gasteiger partial charge in [-0.1, -0.05) is 36.9 Å². The first kappa shape index (κ1) is 19.5. The van der Waals surface area contributed by atoms with E-state index in [9.17, 15) is 13.6 Å². The summed E-state index contributed by atoms with van der Waals surface area (Å²) in [6.07, 6.45) is 0.742. The van der Waals surface area contributed by atoms with Gasteiger partial charge in [-0.3, -0.25) is 4.79 Å². The third-order valence-corrected chi connectivity index (χ3v) is 4.27. The average molecular weight is 401 g/mol. The number of amides is 1. The molecule has 0 atom stereocenters. The van der Waals surface area contributed by atoms with Gasteiger partial charge in [-0.25, -0.2) is 13.8 Å². The summed E-state index contributed by atoms with van der Waals surface area (Å²) in [7, 11) is 0. The lowest BCUT2D eigenvalue weighted by molar-refractivity contribution is -0.112. The van der Waals surface area contributed by atoms with Crippen LogP contribution in [-0.4, -0.2) is 10.9 Å². The van der Waals surface area contributed by atoms with Crippen LogP contribution in [0.5, 0.6) is 0 Å². The molecule has 0 unspecified atom stereocenters. The number of halogens is 3. The molecule has 0 bridgehead atoms. The maximum absolute atomic E-state index is 13.6. The second-order valence-electron chi connectivity index (χ2n) is 5.90. The Balaban J connectivity index is 1.88. The molecule has 0 saturated heterocycles. The number of aryl methyl sites for hydroxylation is 1. The van der Waals surface area contributed by atoms with Gasteiger partial charge in [0, 0.05) is 18.2 Å². The lowest BCUT2D eigenvalue weighted by Gasteiger charge is -2.09. The Labute approximate surface area is 164 Å². The lowest BCUT2D eigenvalue weighted by atomic mass is 10.0. The average Bonchev–Trinajstić information content (AvgIpc) is 3.00. The molecule has 0 aliphatic rings. The summed E-state index contributed by atoms with van der Waals surface area (Å²) in [4.78, 5) is 16.3. The molecule has 1 N–H and O–H groups in total. The Bertz CT molecular complexity index is 1130. The highest BCUT2D eigenvalue weighted by Crippen LogP contribution is 2.33. The lowest BCUT2D eigenvalue weighted by Crippen LogP contribution is -2.15. The van der Waals surface area contributed by atoms with Crippen molar-refractivity contribution < 1.29 is 18.0 Å². The van der Waals surface area contributed by atoms with Crippen LogP contribution in [0.25, 0.3) is 22.2 Å². The summed E-state index contributed by atoms with van der Waals surface area (Å²) in [6.45, 7) is 7.91. The normalized spacial score (nSPS) is 11.9. The van der Waals surface area contributed by atoms with E-state index in [4.69, 9.17) is 16.0 Å². The van der Waals surface area contributed by atoms with Gasteiger partial charge in [0.2, 0.25) is 0 Å². The molecule has 3 aromatic rings. The second-order valence-corrected chi connectivity index (χ2v) is 6.30. The highest BCUT2D eigenvalue weighted by Gasteiger charge is 2.18. The molecule has 28 heavy (non-hydrogen) atoms. The number of anilines is 1. The molecule has 142 valence electrons. The van der Waals surface area contributed by atoms with Crippen LogP contribution in [0.15, 0.2) is 77.3 Å². The number of oxazole rings is 1. The van der Waals surface area contributed by atoms with Crippen LogP contribution >= 0.6 is 11.6 Å². The third kappa shape index (κ3) is 3.87. The Morgan fingerprint density at radius 3 is 2.54 bits per heavy atom. The maximum Gasteiger partial charge on any atom is 0.261 e. The molecule has 0 radical (unpaired) electrons. The standard InChI is InChI=1S/C21H15ClF2N2O2/c1-4-17(24)20(11(2)23)21(27)26-14-7-5-13(6-8-14)15-9-19-18(10-16(15)22)25-12(3)28-19/h4-10H,1-2H2,3H3,(H,26,27)/b20-17-. The predicted octanol–water partition coefficient (Wildman–Crippen LogP) is 6.29. The summed E-state index contributed by atoms with van der Waals surface area (Å²) in [5, 5.41) is 2.91. The summed E-state index contributed by atoms with van der Waals surface area (Å²) in [6, 6.07) is 10.1. The summed E-state index contributed by atoms with van der Waals surface area (Å²) >= 11 is 6.34. The van der Waals surface area contributed by atoms with Crippen molar-refractivity contribution >= 4 is 34.3 Å². The van der Waals surface area contributed by atoms with Gasteiger partial charge in [-0.15, -0.1) is 0 Å². The Morgan fingerprint density at radius 1 is 1.25 bits per heavy atom. The molecule has 1 aromatic heterocycles. The van der Waals surface area contributed by atoms with E-state index in [1.165, 1.54) is 0 Å². The van der Waals surface area contributed by atoms with E-state index in [-0.39, 0.29) is 0 Å². The number of hydrogen-bond donors (Lipinski definition) is 1. The van der Waals surface area contributed by atoms with Gasteiger partial charge in [0.15, 0.2) is 11.5 Å². The van der Waals surface area contributed by atoms with Crippen LogP contribution in [0.4, 0.5) is 14.5 Å². The summed E-state index contributed by atoms with van der Waals surface area (Å²) in [5.41, 5.74) is 2.29. The van der Waals surface area contributed by atoms with Crippen LogP contribution in [-0.2, 0) is 4.79 Å². The minimum atomic E-state index is -1.19. The predicted molar refractivity (Wildman–Crippen MR) is 106 cm³/mol. The van der Waals surface area contributed by atoms with Crippen molar-refractivity contribution in [1.82, 2.24) is 4.98 Å². The van der Waals surface area contributed by atoms with E-state index in [0.717, 1.165) is 17.2 Å². The van der Waals surface area contributed by atoms with Crippen molar-refractivity contribution in [3.05, 3.63) is 83.8 Å². The molecule has 7 heteroatoms. The zero-order chi connectivity index (χ0) is 20.4. The zero-order valence-electron chi connectivity index (χ0n) is 14.9. The topological polar surface area (TPSA) is 55.1 Å². The van der Waals surface area contributed by atoms with Gasteiger partial charge in [-0.2, -0.15) is 0 Å². The number of benzene rings is 2. The monoisotopic (exact) mass is 400 g/mol. The van der Waals surface area contributed by atoms with Crippen molar-refractivity contribution in [3.63, 3.8) is 0 Å². The number of nitrogens with zero attached hydrogens (tertiary/aromatic N) is 1. The molecule has 0 aliphatic carbocycles. The van der Waals surface area contributed by atoms with Crippen LogP contribution in [0, 0.1) is 6.92 Å². The second kappa shape index (κ2) is 7.78. The number of carbonyl (C=O) groups excluding carboxylic acids is 1. The Kier molecular flexibility index (Phi) is 5.42. The fraction of sp³-hybridized carbons (Fsp3) is 0.0476.